The summed E-state index contributed by atoms with van der Waals surface area (Å²) in [6, 6.07) is 4.47. The van der Waals surface area contributed by atoms with Crippen LogP contribution in [0.5, 0.6) is 5.75 Å². The zero-order valence-electron chi connectivity index (χ0n) is 10.6. The quantitative estimate of drug-likeness (QED) is 0.750. The minimum absolute atomic E-state index is 0.0465. The fraction of sp³-hybridized carbons (Fsp3) is 0.385. The molecule has 108 valence electrons. The first-order valence-electron chi connectivity index (χ1n) is 6.08. The molecule has 1 fully saturated rings. The highest BCUT2D eigenvalue weighted by Crippen LogP contribution is 2.25. The number of hydrogen-bond donors (Lipinski definition) is 2. The van der Waals surface area contributed by atoms with Crippen LogP contribution >= 0.6 is 34.4 Å². The second-order valence-corrected chi connectivity index (χ2v) is 6.80. The van der Waals surface area contributed by atoms with Crippen LogP contribution < -0.4 is 0 Å². The molecular weight excluding hydrogens is 393 g/mol. The average Bonchev–Trinajstić information content (AvgIpc) is 2.41. The van der Waals surface area contributed by atoms with Crippen molar-refractivity contribution >= 4 is 46.2 Å². The van der Waals surface area contributed by atoms with E-state index in [1.807, 2.05) is 22.6 Å². The Kier molecular flexibility index (Phi) is 5.14. The highest BCUT2D eigenvalue weighted by Gasteiger charge is 2.29. The van der Waals surface area contributed by atoms with E-state index in [0.717, 1.165) is 5.75 Å². The number of phenolic OH excluding ortho intramolecular Hbond substituents is 1. The second kappa shape index (κ2) is 6.66. The van der Waals surface area contributed by atoms with Gasteiger partial charge in [-0.25, -0.2) is 0 Å². The Morgan fingerprint density at radius 2 is 2.20 bits per heavy atom. The summed E-state index contributed by atoms with van der Waals surface area (Å²) in [6.45, 7) is 0.536. The Morgan fingerprint density at radius 3 is 2.85 bits per heavy atom. The van der Waals surface area contributed by atoms with Crippen molar-refractivity contribution in [2.24, 2.45) is 0 Å². The Bertz CT molecular complexity index is 537. The first-order valence-corrected chi connectivity index (χ1v) is 8.31. The number of carboxylic acid groups (broad SMARTS) is 1. The normalized spacial score (nSPS) is 18.9. The molecule has 1 aliphatic rings. The molecule has 20 heavy (non-hydrogen) atoms. The fourth-order valence-electron chi connectivity index (χ4n) is 2.10. The van der Waals surface area contributed by atoms with Crippen LogP contribution in [-0.4, -0.2) is 51.1 Å². The van der Waals surface area contributed by atoms with E-state index >= 15 is 0 Å². The van der Waals surface area contributed by atoms with Crippen molar-refractivity contribution in [2.75, 3.05) is 18.1 Å². The number of carboxylic acids is 1. The first-order chi connectivity index (χ1) is 9.49. The number of halogens is 1. The summed E-state index contributed by atoms with van der Waals surface area (Å²) in [4.78, 5) is 25.0. The minimum atomic E-state index is -0.902. The van der Waals surface area contributed by atoms with Gasteiger partial charge in [0, 0.05) is 23.6 Å². The SMILES string of the molecule is O=C(O)CC1CSCCN1C(=O)c1ccc(I)c(O)c1. The maximum Gasteiger partial charge on any atom is 0.305 e. The molecule has 0 aliphatic carbocycles. The number of benzene rings is 1. The number of rotatable bonds is 3. The van der Waals surface area contributed by atoms with Crippen LogP contribution in [0.3, 0.4) is 0 Å². The van der Waals surface area contributed by atoms with Gasteiger partial charge in [-0.15, -0.1) is 0 Å². The molecule has 0 saturated carbocycles. The van der Waals surface area contributed by atoms with E-state index in [1.54, 1.807) is 28.8 Å². The highest BCUT2D eigenvalue weighted by atomic mass is 127. The molecule has 1 saturated heterocycles. The maximum absolute atomic E-state index is 12.5. The lowest BCUT2D eigenvalue weighted by molar-refractivity contribution is -0.138. The Balaban J connectivity index is 2.20. The van der Waals surface area contributed by atoms with E-state index in [9.17, 15) is 14.7 Å². The second-order valence-electron chi connectivity index (χ2n) is 4.49. The van der Waals surface area contributed by atoms with Crippen LogP contribution in [0.4, 0.5) is 0 Å². The molecule has 1 atom stereocenters. The third-order valence-corrected chi connectivity index (χ3v) is 5.10. The van der Waals surface area contributed by atoms with Crippen molar-refractivity contribution in [2.45, 2.75) is 12.5 Å². The van der Waals surface area contributed by atoms with Gasteiger partial charge in [-0.1, -0.05) is 0 Å². The molecule has 1 aromatic rings. The van der Waals surface area contributed by atoms with E-state index in [4.69, 9.17) is 5.11 Å². The van der Waals surface area contributed by atoms with Crippen molar-refractivity contribution in [3.05, 3.63) is 27.3 Å². The van der Waals surface area contributed by atoms with Crippen LogP contribution in [0.2, 0.25) is 0 Å². The van der Waals surface area contributed by atoms with Gasteiger partial charge in [0.25, 0.3) is 5.91 Å². The summed E-state index contributed by atoms with van der Waals surface area (Å²) in [6.07, 6.45) is -0.0465. The van der Waals surface area contributed by atoms with E-state index in [2.05, 4.69) is 0 Å². The zero-order valence-corrected chi connectivity index (χ0v) is 13.6. The molecule has 0 spiro atoms. The first kappa shape index (κ1) is 15.4. The number of aromatic hydroxyl groups is 1. The van der Waals surface area contributed by atoms with E-state index in [1.165, 1.54) is 6.07 Å². The van der Waals surface area contributed by atoms with Crippen molar-refractivity contribution < 1.29 is 19.8 Å². The molecule has 0 bridgehead atoms. The largest absolute Gasteiger partial charge is 0.507 e. The lowest BCUT2D eigenvalue weighted by Crippen LogP contribution is -2.47. The fourth-order valence-corrected chi connectivity index (χ4v) is 3.50. The number of amides is 1. The highest BCUT2D eigenvalue weighted by molar-refractivity contribution is 14.1. The summed E-state index contributed by atoms with van der Waals surface area (Å²) >= 11 is 3.64. The standard InChI is InChI=1S/C13H14INO4S/c14-10-2-1-8(5-11(10)16)13(19)15-3-4-20-7-9(15)6-12(17)18/h1-2,5,9,16H,3-4,6-7H2,(H,17,18). The molecule has 5 nitrogen and oxygen atoms in total. The minimum Gasteiger partial charge on any atom is -0.507 e. The molecule has 0 aromatic heterocycles. The summed E-state index contributed by atoms with van der Waals surface area (Å²) in [5, 5.41) is 18.6. The summed E-state index contributed by atoms with van der Waals surface area (Å²) in [7, 11) is 0. The number of hydrogen-bond acceptors (Lipinski definition) is 4. The van der Waals surface area contributed by atoms with Crippen LogP contribution in [0.15, 0.2) is 18.2 Å². The Hall–Kier alpha value is -0.960. The molecule has 7 heteroatoms. The Labute approximate surface area is 134 Å². The van der Waals surface area contributed by atoms with Crippen molar-refractivity contribution in [1.29, 1.82) is 0 Å². The number of thioether (sulfide) groups is 1. The van der Waals surface area contributed by atoms with Gasteiger partial charge >= 0.3 is 5.97 Å². The van der Waals surface area contributed by atoms with Gasteiger partial charge in [0.05, 0.1) is 16.0 Å². The predicted octanol–water partition coefficient (Wildman–Crippen LogP) is 2.03. The molecule has 2 N–H and O–H groups in total. The topological polar surface area (TPSA) is 77.8 Å². The summed E-state index contributed by atoms with van der Waals surface area (Å²) in [5.41, 5.74) is 0.394. The Morgan fingerprint density at radius 1 is 1.45 bits per heavy atom. The lowest BCUT2D eigenvalue weighted by atomic mass is 10.1. The van der Waals surface area contributed by atoms with E-state index in [-0.39, 0.29) is 24.1 Å². The summed E-state index contributed by atoms with van der Waals surface area (Å²) in [5.74, 6) is 0.383. The van der Waals surface area contributed by atoms with E-state index in [0.29, 0.717) is 21.4 Å². The van der Waals surface area contributed by atoms with Gasteiger partial charge in [-0.3, -0.25) is 9.59 Å². The molecule has 1 unspecified atom stereocenters. The van der Waals surface area contributed by atoms with Crippen LogP contribution in [0, 0.1) is 3.57 Å². The van der Waals surface area contributed by atoms with Gasteiger partial charge in [-0.05, 0) is 40.8 Å². The smallest absolute Gasteiger partial charge is 0.305 e. The van der Waals surface area contributed by atoms with E-state index < -0.39 is 5.97 Å². The molecule has 1 heterocycles. The third kappa shape index (κ3) is 3.57. The van der Waals surface area contributed by atoms with Gasteiger partial charge in [0.15, 0.2) is 0 Å². The summed E-state index contributed by atoms with van der Waals surface area (Å²) < 4.78 is 0.676. The average molecular weight is 407 g/mol. The number of carbonyl (C=O) groups is 2. The molecule has 1 aliphatic heterocycles. The number of aliphatic carboxylic acids is 1. The van der Waals surface area contributed by atoms with Crippen LogP contribution in [0.25, 0.3) is 0 Å². The lowest BCUT2D eigenvalue weighted by Gasteiger charge is -2.34. The van der Waals surface area contributed by atoms with Crippen LogP contribution in [0.1, 0.15) is 16.8 Å². The number of nitrogens with zero attached hydrogens (tertiary/aromatic N) is 1. The molecule has 1 amide bonds. The number of phenols is 1. The van der Waals surface area contributed by atoms with Gasteiger partial charge in [-0.2, -0.15) is 11.8 Å². The van der Waals surface area contributed by atoms with Gasteiger partial charge < -0.3 is 15.1 Å². The zero-order chi connectivity index (χ0) is 14.7. The van der Waals surface area contributed by atoms with Crippen molar-refractivity contribution in [3.63, 3.8) is 0 Å². The third-order valence-electron chi connectivity index (χ3n) is 3.09. The van der Waals surface area contributed by atoms with Gasteiger partial charge in [0.2, 0.25) is 0 Å². The van der Waals surface area contributed by atoms with Crippen molar-refractivity contribution in [3.8, 4) is 5.75 Å². The van der Waals surface area contributed by atoms with Gasteiger partial charge in [0.1, 0.15) is 5.75 Å². The maximum atomic E-state index is 12.5. The molecular formula is C13H14INO4S. The molecule has 2 rings (SSSR count). The monoisotopic (exact) mass is 407 g/mol. The molecule has 0 radical (unpaired) electrons. The van der Waals surface area contributed by atoms with Crippen LogP contribution in [-0.2, 0) is 4.79 Å². The van der Waals surface area contributed by atoms with Crippen molar-refractivity contribution in [1.82, 2.24) is 4.90 Å². The number of carbonyl (C=O) groups excluding carboxylic acids is 1. The molecule has 1 aromatic carbocycles. The predicted molar refractivity (Wildman–Crippen MR) is 85.2 cm³/mol.